The van der Waals surface area contributed by atoms with Crippen LogP contribution in [0.5, 0.6) is 0 Å². The SMILES string of the molecule is O=C(O)c1ccc([C@@H]2CCCN2C(=O)CCc2ccccc2)nc1CCCc1ccccc1. The molecule has 1 fully saturated rings. The number of aryl methyl sites for hydroxylation is 3. The van der Waals surface area contributed by atoms with Gasteiger partial charge in [0, 0.05) is 13.0 Å². The largest absolute Gasteiger partial charge is 0.478 e. The Hall–Kier alpha value is -3.47. The van der Waals surface area contributed by atoms with Gasteiger partial charge in [0.25, 0.3) is 0 Å². The number of hydrogen-bond acceptors (Lipinski definition) is 3. The molecule has 0 spiro atoms. The van der Waals surface area contributed by atoms with Gasteiger partial charge >= 0.3 is 5.97 Å². The zero-order valence-corrected chi connectivity index (χ0v) is 18.8. The summed E-state index contributed by atoms with van der Waals surface area (Å²) in [5.74, 6) is -0.818. The van der Waals surface area contributed by atoms with E-state index in [1.165, 1.54) is 5.56 Å². The summed E-state index contributed by atoms with van der Waals surface area (Å²) in [6.07, 6.45) is 5.29. The van der Waals surface area contributed by atoms with Crippen molar-refractivity contribution >= 4 is 11.9 Å². The number of benzene rings is 2. The molecule has 2 heterocycles. The second-order valence-corrected chi connectivity index (χ2v) is 8.61. The average Bonchev–Trinajstić information content (AvgIpc) is 3.34. The molecule has 1 atom stereocenters. The highest BCUT2D eigenvalue weighted by Crippen LogP contribution is 2.32. The minimum atomic E-state index is -0.953. The molecule has 0 aliphatic carbocycles. The predicted octanol–water partition coefficient (Wildman–Crippen LogP) is 5.25. The standard InChI is InChI=1S/C28H30N2O3/c31-27(19-16-22-11-5-2-6-12-22)30-20-8-15-26(30)25-18-17-23(28(32)33)24(29-25)14-7-13-21-9-3-1-4-10-21/h1-6,9-12,17-18,26H,7-8,13-16,19-20H2,(H,32,33)/t26-/m0/s1. The minimum Gasteiger partial charge on any atom is -0.478 e. The zero-order chi connectivity index (χ0) is 23.0. The molecule has 5 heteroatoms. The van der Waals surface area contributed by atoms with Gasteiger partial charge in [0.1, 0.15) is 0 Å². The number of aromatic nitrogens is 1. The van der Waals surface area contributed by atoms with Gasteiger partial charge in [-0.25, -0.2) is 4.79 Å². The van der Waals surface area contributed by atoms with Crippen LogP contribution < -0.4 is 0 Å². The van der Waals surface area contributed by atoms with Crippen LogP contribution in [-0.2, 0) is 24.1 Å². The van der Waals surface area contributed by atoms with E-state index in [9.17, 15) is 14.7 Å². The van der Waals surface area contributed by atoms with Crippen molar-refractivity contribution in [1.82, 2.24) is 9.88 Å². The number of pyridine rings is 1. The zero-order valence-electron chi connectivity index (χ0n) is 18.8. The van der Waals surface area contributed by atoms with Gasteiger partial charge in [0.15, 0.2) is 0 Å². The summed E-state index contributed by atoms with van der Waals surface area (Å²) in [7, 11) is 0. The Morgan fingerprint density at radius 1 is 0.879 bits per heavy atom. The first kappa shape index (κ1) is 22.7. The molecule has 1 amide bonds. The number of amides is 1. The fourth-order valence-electron chi connectivity index (χ4n) is 4.61. The molecule has 5 nitrogen and oxygen atoms in total. The molecule has 1 aliphatic rings. The fourth-order valence-corrected chi connectivity index (χ4v) is 4.61. The summed E-state index contributed by atoms with van der Waals surface area (Å²) in [5.41, 5.74) is 4.06. The third-order valence-corrected chi connectivity index (χ3v) is 6.33. The molecule has 170 valence electrons. The minimum absolute atomic E-state index is 0.0796. The first-order valence-corrected chi connectivity index (χ1v) is 11.7. The molecule has 0 unspecified atom stereocenters. The molecule has 1 saturated heterocycles. The predicted molar refractivity (Wildman–Crippen MR) is 128 cm³/mol. The van der Waals surface area contributed by atoms with Gasteiger partial charge in [-0.05, 0) is 61.8 Å². The highest BCUT2D eigenvalue weighted by molar-refractivity contribution is 5.88. The topological polar surface area (TPSA) is 70.5 Å². The third-order valence-electron chi connectivity index (χ3n) is 6.33. The van der Waals surface area contributed by atoms with Crippen molar-refractivity contribution in [3.8, 4) is 0 Å². The molecular weight excluding hydrogens is 412 g/mol. The monoisotopic (exact) mass is 442 g/mol. The van der Waals surface area contributed by atoms with Gasteiger partial charge in [-0.2, -0.15) is 0 Å². The summed E-state index contributed by atoms with van der Waals surface area (Å²) >= 11 is 0. The first-order valence-electron chi connectivity index (χ1n) is 11.7. The van der Waals surface area contributed by atoms with E-state index in [4.69, 9.17) is 4.98 Å². The van der Waals surface area contributed by atoms with Gasteiger partial charge in [0.2, 0.25) is 5.91 Å². The number of carbonyl (C=O) groups excluding carboxylic acids is 1. The van der Waals surface area contributed by atoms with Gasteiger partial charge in [0.05, 0.1) is 23.0 Å². The Balaban J connectivity index is 1.45. The van der Waals surface area contributed by atoms with E-state index in [1.807, 2.05) is 53.4 Å². The molecule has 33 heavy (non-hydrogen) atoms. The van der Waals surface area contributed by atoms with Crippen LogP contribution in [0.3, 0.4) is 0 Å². The quantitative estimate of drug-likeness (QED) is 0.491. The second-order valence-electron chi connectivity index (χ2n) is 8.61. The molecule has 2 aromatic carbocycles. The van der Waals surface area contributed by atoms with Crippen LogP contribution in [0.1, 0.15) is 64.6 Å². The number of hydrogen-bond donors (Lipinski definition) is 1. The maximum Gasteiger partial charge on any atom is 0.337 e. The van der Waals surface area contributed by atoms with E-state index in [1.54, 1.807) is 12.1 Å². The smallest absolute Gasteiger partial charge is 0.337 e. The molecule has 1 N–H and O–H groups in total. The van der Waals surface area contributed by atoms with Crippen molar-refractivity contribution < 1.29 is 14.7 Å². The third kappa shape index (κ3) is 5.86. The van der Waals surface area contributed by atoms with Crippen LogP contribution in [0.2, 0.25) is 0 Å². The van der Waals surface area contributed by atoms with E-state index >= 15 is 0 Å². The number of nitrogens with zero attached hydrogens (tertiary/aromatic N) is 2. The Bertz CT molecular complexity index is 1080. The summed E-state index contributed by atoms with van der Waals surface area (Å²) in [6.45, 7) is 0.726. The van der Waals surface area contributed by atoms with Crippen molar-refractivity contribution in [3.63, 3.8) is 0 Å². The van der Waals surface area contributed by atoms with Crippen LogP contribution in [0.15, 0.2) is 72.8 Å². The summed E-state index contributed by atoms with van der Waals surface area (Å²) in [5, 5.41) is 9.65. The second kappa shape index (κ2) is 10.9. The highest BCUT2D eigenvalue weighted by atomic mass is 16.4. The Labute approximate surface area is 195 Å². The Morgan fingerprint density at radius 3 is 2.21 bits per heavy atom. The van der Waals surface area contributed by atoms with Gasteiger partial charge in [-0.15, -0.1) is 0 Å². The molecule has 0 bridgehead atoms. The van der Waals surface area contributed by atoms with Gasteiger partial charge in [-0.3, -0.25) is 9.78 Å². The van der Waals surface area contributed by atoms with Gasteiger partial charge in [-0.1, -0.05) is 60.7 Å². The number of carbonyl (C=O) groups is 2. The van der Waals surface area contributed by atoms with Crippen molar-refractivity contribution in [2.75, 3.05) is 6.54 Å². The summed E-state index contributed by atoms with van der Waals surface area (Å²) in [4.78, 5) is 31.5. The summed E-state index contributed by atoms with van der Waals surface area (Å²) in [6, 6.07) is 23.6. The van der Waals surface area contributed by atoms with Crippen molar-refractivity contribution in [2.24, 2.45) is 0 Å². The Kier molecular flexibility index (Phi) is 7.51. The van der Waals surface area contributed by atoms with E-state index in [0.29, 0.717) is 18.5 Å². The van der Waals surface area contributed by atoms with Crippen LogP contribution in [0, 0.1) is 0 Å². The van der Waals surface area contributed by atoms with Crippen LogP contribution in [0.4, 0.5) is 0 Å². The number of rotatable bonds is 9. The van der Waals surface area contributed by atoms with Crippen molar-refractivity contribution in [1.29, 1.82) is 0 Å². The van der Waals surface area contributed by atoms with E-state index in [-0.39, 0.29) is 17.5 Å². The van der Waals surface area contributed by atoms with Crippen molar-refractivity contribution in [3.05, 3.63) is 101 Å². The lowest BCUT2D eigenvalue weighted by Gasteiger charge is -2.25. The number of carboxylic acids is 1. The molecular formula is C28H30N2O3. The molecule has 0 saturated carbocycles. The van der Waals surface area contributed by atoms with Gasteiger partial charge < -0.3 is 10.0 Å². The van der Waals surface area contributed by atoms with E-state index in [2.05, 4.69) is 12.1 Å². The lowest BCUT2D eigenvalue weighted by Crippen LogP contribution is -2.31. The lowest BCUT2D eigenvalue weighted by atomic mass is 10.0. The Morgan fingerprint density at radius 2 is 1.55 bits per heavy atom. The number of likely N-dealkylation sites (tertiary alicyclic amines) is 1. The molecule has 1 aliphatic heterocycles. The molecule has 0 radical (unpaired) electrons. The van der Waals surface area contributed by atoms with Crippen LogP contribution >= 0.6 is 0 Å². The van der Waals surface area contributed by atoms with E-state index in [0.717, 1.165) is 49.9 Å². The number of aromatic carboxylic acids is 1. The average molecular weight is 443 g/mol. The molecule has 3 aromatic rings. The summed E-state index contributed by atoms with van der Waals surface area (Å²) < 4.78 is 0. The van der Waals surface area contributed by atoms with Crippen molar-refractivity contribution in [2.45, 2.75) is 51.0 Å². The maximum atomic E-state index is 13.0. The fraction of sp³-hybridized carbons (Fsp3) is 0.321. The van der Waals surface area contributed by atoms with Crippen LogP contribution in [0.25, 0.3) is 0 Å². The maximum absolute atomic E-state index is 13.0. The normalized spacial score (nSPS) is 15.5. The van der Waals surface area contributed by atoms with E-state index < -0.39 is 5.97 Å². The number of carboxylic acid groups (broad SMARTS) is 1. The first-order chi connectivity index (χ1) is 16.1. The highest BCUT2D eigenvalue weighted by Gasteiger charge is 2.31. The lowest BCUT2D eigenvalue weighted by molar-refractivity contribution is -0.132. The van der Waals surface area contributed by atoms with Crippen LogP contribution in [-0.4, -0.2) is 33.4 Å². The molecule has 1 aromatic heterocycles. The molecule has 4 rings (SSSR count).